The molecular weight excluding hydrogens is 240 g/mol. The Kier molecular flexibility index (Phi) is 5.39. The fourth-order valence-electron chi connectivity index (χ4n) is 2.31. The molecule has 0 amide bonds. The lowest BCUT2D eigenvalue weighted by Gasteiger charge is -2.13. The topological polar surface area (TPSA) is 59.1 Å². The van der Waals surface area contributed by atoms with Crippen LogP contribution in [-0.2, 0) is 4.74 Å². The summed E-state index contributed by atoms with van der Waals surface area (Å²) in [5, 5.41) is 6.44. The predicted octanol–water partition coefficient (Wildman–Crippen LogP) is 2.59. The maximum atomic E-state index is 5.82. The third-order valence-corrected chi connectivity index (χ3v) is 3.36. The van der Waals surface area contributed by atoms with Crippen LogP contribution in [-0.4, -0.2) is 35.8 Å². The Morgan fingerprint density at radius 1 is 1.32 bits per heavy atom. The van der Waals surface area contributed by atoms with E-state index in [-0.39, 0.29) is 0 Å². The first-order valence-corrected chi connectivity index (χ1v) is 7.22. The van der Waals surface area contributed by atoms with Gasteiger partial charge >= 0.3 is 0 Å². The van der Waals surface area contributed by atoms with Crippen LogP contribution in [0.15, 0.2) is 6.20 Å². The normalized spacial score (nSPS) is 15.7. The van der Waals surface area contributed by atoms with Crippen LogP contribution in [0.25, 0.3) is 0 Å². The summed E-state index contributed by atoms with van der Waals surface area (Å²) < 4.78 is 5.82. The van der Waals surface area contributed by atoms with Gasteiger partial charge in [-0.25, -0.2) is 4.98 Å². The largest absolute Gasteiger partial charge is 0.376 e. The number of anilines is 2. The molecular formula is C14H24N4O. The van der Waals surface area contributed by atoms with Crippen molar-refractivity contribution in [2.45, 2.75) is 45.6 Å². The number of aryl methyl sites for hydroxylation is 1. The zero-order valence-corrected chi connectivity index (χ0v) is 11.9. The van der Waals surface area contributed by atoms with Crippen molar-refractivity contribution in [1.82, 2.24) is 9.97 Å². The van der Waals surface area contributed by atoms with E-state index in [1.807, 2.05) is 20.0 Å². The van der Waals surface area contributed by atoms with Crippen molar-refractivity contribution in [1.29, 1.82) is 0 Å². The number of aromatic nitrogens is 2. The maximum absolute atomic E-state index is 5.82. The zero-order valence-electron chi connectivity index (χ0n) is 11.9. The molecule has 106 valence electrons. The Balaban J connectivity index is 1.76. The minimum atomic E-state index is 0.477. The summed E-state index contributed by atoms with van der Waals surface area (Å²) in [6.07, 6.45) is 7.38. The molecule has 19 heavy (non-hydrogen) atoms. The van der Waals surface area contributed by atoms with E-state index in [2.05, 4.69) is 20.6 Å². The molecule has 5 nitrogen and oxygen atoms in total. The number of nitrogens with one attached hydrogen (secondary N) is 2. The molecule has 2 rings (SSSR count). The maximum Gasteiger partial charge on any atom is 0.224 e. The van der Waals surface area contributed by atoms with Gasteiger partial charge in [0, 0.05) is 24.8 Å². The Labute approximate surface area is 115 Å². The number of rotatable bonds is 7. The van der Waals surface area contributed by atoms with Gasteiger partial charge in [0.25, 0.3) is 0 Å². The summed E-state index contributed by atoms with van der Waals surface area (Å²) in [6.45, 7) is 6.40. The molecule has 0 aromatic carbocycles. The molecule has 0 atom stereocenters. The number of hydrogen-bond acceptors (Lipinski definition) is 5. The smallest absolute Gasteiger partial charge is 0.224 e. The first kappa shape index (κ1) is 14.1. The van der Waals surface area contributed by atoms with Crippen LogP contribution in [0, 0.1) is 6.92 Å². The van der Waals surface area contributed by atoms with Crippen molar-refractivity contribution in [2.24, 2.45) is 0 Å². The molecule has 1 aliphatic rings. The zero-order chi connectivity index (χ0) is 13.5. The summed E-state index contributed by atoms with van der Waals surface area (Å²) in [6, 6.07) is 0. The van der Waals surface area contributed by atoms with E-state index < -0.39 is 0 Å². The first-order valence-electron chi connectivity index (χ1n) is 7.22. The van der Waals surface area contributed by atoms with Crippen LogP contribution in [0.2, 0.25) is 0 Å². The summed E-state index contributed by atoms with van der Waals surface area (Å²) in [5.74, 6) is 1.56. The number of nitrogens with zero attached hydrogens (tertiary/aromatic N) is 2. The summed E-state index contributed by atoms with van der Waals surface area (Å²) in [4.78, 5) is 8.67. The van der Waals surface area contributed by atoms with Gasteiger partial charge in [-0.05, 0) is 26.7 Å². The molecule has 0 saturated heterocycles. The van der Waals surface area contributed by atoms with Gasteiger partial charge in [-0.2, -0.15) is 4.98 Å². The van der Waals surface area contributed by atoms with E-state index in [0.717, 1.165) is 31.1 Å². The molecule has 0 aliphatic heterocycles. The van der Waals surface area contributed by atoms with Gasteiger partial charge in [0.1, 0.15) is 5.82 Å². The van der Waals surface area contributed by atoms with Gasteiger partial charge in [0.15, 0.2) is 0 Å². The van der Waals surface area contributed by atoms with E-state index in [0.29, 0.717) is 12.1 Å². The van der Waals surface area contributed by atoms with Gasteiger partial charge in [-0.15, -0.1) is 0 Å². The molecule has 1 fully saturated rings. The lowest BCUT2D eigenvalue weighted by molar-refractivity contribution is 0.0658. The fraction of sp³-hybridized carbons (Fsp3) is 0.714. The van der Waals surface area contributed by atoms with Gasteiger partial charge in [0.2, 0.25) is 5.95 Å². The monoisotopic (exact) mass is 264 g/mol. The lowest BCUT2D eigenvalue weighted by atomic mass is 10.3. The van der Waals surface area contributed by atoms with Crippen LogP contribution >= 0.6 is 0 Å². The van der Waals surface area contributed by atoms with Crippen LogP contribution < -0.4 is 10.6 Å². The van der Waals surface area contributed by atoms with Crippen LogP contribution in [0.4, 0.5) is 11.8 Å². The van der Waals surface area contributed by atoms with Crippen molar-refractivity contribution in [3.8, 4) is 0 Å². The van der Waals surface area contributed by atoms with Crippen molar-refractivity contribution < 1.29 is 4.74 Å². The van der Waals surface area contributed by atoms with E-state index in [4.69, 9.17) is 4.74 Å². The third kappa shape index (κ3) is 4.35. The highest BCUT2D eigenvalue weighted by Gasteiger charge is 2.14. The Morgan fingerprint density at radius 2 is 2.11 bits per heavy atom. The summed E-state index contributed by atoms with van der Waals surface area (Å²) in [5.41, 5.74) is 1.06. The molecule has 1 saturated carbocycles. The van der Waals surface area contributed by atoms with Gasteiger partial charge in [0.05, 0.1) is 12.7 Å². The lowest BCUT2D eigenvalue weighted by Crippen LogP contribution is -2.17. The molecule has 0 spiro atoms. The van der Waals surface area contributed by atoms with Crippen LogP contribution in [0.5, 0.6) is 0 Å². The Hall–Kier alpha value is -1.36. The summed E-state index contributed by atoms with van der Waals surface area (Å²) >= 11 is 0. The Bertz CT molecular complexity index is 391. The second-order valence-electron chi connectivity index (χ2n) is 4.96. The quantitative estimate of drug-likeness (QED) is 0.741. The highest BCUT2D eigenvalue weighted by Crippen LogP contribution is 2.20. The molecule has 1 aromatic rings. The molecule has 1 aromatic heterocycles. The summed E-state index contributed by atoms with van der Waals surface area (Å²) in [7, 11) is 0. The fourth-order valence-corrected chi connectivity index (χ4v) is 2.31. The van der Waals surface area contributed by atoms with E-state index in [1.165, 1.54) is 25.7 Å². The van der Waals surface area contributed by atoms with Crippen molar-refractivity contribution in [3.05, 3.63) is 11.8 Å². The second kappa shape index (κ2) is 7.28. The van der Waals surface area contributed by atoms with E-state index >= 15 is 0 Å². The predicted molar refractivity (Wildman–Crippen MR) is 77.6 cm³/mol. The molecule has 1 heterocycles. The van der Waals surface area contributed by atoms with Crippen LogP contribution in [0.3, 0.4) is 0 Å². The van der Waals surface area contributed by atoms with Crippen LogP contribution in [0.1, 0.15) is 38.2 Å². The second-order valence-corrected chi connectivity index (χ2v) is 4.96. The first-order chi connectivity index (χ1) is 9.29. The van der Waals surface area contributed by atoms with Gasteiger partial charge < -0.3 is 15.4 Å². The molecule has 1 aliphatic carbocycles. The average molecular weight is 264 g/mol. The van der Waals surface area contributed by atoms with Gasteiger partial charge in [-0.3, -0.25) is 0 Å². The third-order valence-electron chi connectivity index (χ3n) is 3.36. The van der Waals surface area contributed by atoms with Gasteiger partial charge in [-0.1, -0.05) is 12.8 Å². The van der Waals surface area contributed by atoms with E-state index in [9.17, 15) is 0 Å². The minimum absolute atomic E-state index is 0.477. The highest BCUT2D eigenvalue weighted by molar-refractivity contribution is 5.46. The highest BCUT2D eigenvalue weighted by atomic mass is 16.5. The van der Waals surface area contributed by atoms with Crippen molar-refractivity contribution in [3.63, 3.8) is 0 Å². The molecule has 0 radical (unpaired) electrons. The molecule has 2 N–H and O–H groups in total. The van der Waals surface area contributed by atoms with Crippen molar-refractivity contribution >= 4 is 11.8 Å². The molecule has 5 heteroatoms. The Morgan fingerprint density at radius 3 is 2.84 bits per heavy atom. The van der Waals surface area contributed by atoms with E-state index in [1.54, 1.807) is 0 Å². The SMILES string of the molecule is CCNc1ncc(C)c(NCCOC2CCCC2)n1. The number of hydrogen-bond donors (Lipinski definition) is 2. The van der Waals surface area contributed by atoms with Crippen molar-refractivity contribution in [2.75, 3.05) is 30.3 Å². The average Bonchev–Trinajstić information content (AvgIpc) is 2.91. The molecule has 0 unspecified atom stereocenters. The molecule has 0 bridgehead atoms. The standard InChI is InChI=1S/C14H24N4O/c1-3-15-14-17-10-11(2)13(18-14)16-8-9-19-12-6-4-5-7-12/h10,12H,3-9H2,1-2H3,(H2,15,16,17,18). The number of ether oxygens (including phenoxy) is 1. The minimum Gasteiger partial charge on any atom is -0.376 e.